The van der Waals surface area contributed by atoms with E-state index in [4.69, 9.17) is 4.74 Å². The standard InChI is InChI=1S/C9H12N2O3/c1-3-14-9(13)5-7-10-6(2)4-8(12)11-7/h4H,3,5H2,1-2H3,(H,10,11,12). The third-order valence-electron chi connectivity index (χ3n) is 1.54. The molecule has 0 amide bonds. The number of hydrogen-bond acceptors (Lipinski definition) is 4. The number of carbonyl (C=O) groups is 1. The Morgan fingerprint density at radius 2 is 2.36 bits per heavy atom. The molecule has 1 heterocycles. The van der Waals surface area contributed by atoms with E-state index in [-0.39, 0.29) is 17.9 Å². The number of nitrogens with one attached hydrogen (secondary N) is 1. The summed E-state index contributed by atoms with van der Waals surface area (Å²) in [5.74, 6) is -0.0466. The molecule has 1 aromatic rings. The van der Waals surface area contributed by atoms with E-state index >= 15 is 0 Å². The van der Waals surface area contributed by atoms with Gasteiger partial charge < -0.3 is 9.72 Å². The topological polar surface area (TPSA) is 72.0 Å². The fraction of sp³-hybridized carbons (Fsp3) is 0.444. The number of aromatic nitrogens is 2. The highest BCUT2D eigenvalue weighted by molar-refractivity contribution is 5.71. The molecule has 1 rings (SSSR count). The van der Waals surface area contributed by atoms with Gasteiger partial charge in [0.05, 0.1) is 6.61 Å². The summed E-state index contributed by atoms with van der Waals surface area (Å²) in [5, 5.41) is 0. The number of H-pyrrole nitrogens is 1. The highest BCUT2D eigenvalue weighted by atomic mass is 16.5. The molecule has 0 saturated carbocycles. The van der Waals surface area contributed by atoms with Crippen LogP contribution in [0.4, 0.5) is 0 Å². The van der Waals surface area contributed by atoms with Crippen LogP contribution in [0.3, 0.4) is 0 Å². The molecule has 0 saturated heterocycles. The van der Waals surface area contributed by atoms with Crippen LogP contribution in [0.15, 0.2) is 10.9 Å². The monoisotopic (exact) mass is 196 g/mol. The SMILES string of the molecule is CCOC(=O)Cc1nc(C)cc(=O)[nH]1. The molecule has 5 nitrogen and oxygen atoms in total. The van der Waals surface area contributed by atoms with Crippen molar-refractivity contribution >= 4 is 5.97 Å². The Hall–Kier alpha value is -1.65. The fourth-order valence-electron chi connectivity index (χ4n) is 1.07. The lowest BCUT2D eigenvalue weighted by Crippen LogP contribution is -2.16. The van der Waals surface area contributed by atoms with Gasteiger partial charge in [0.15, 0.2) is 0 Å². The molecule has 14 heavy (non-hydrogen) atoms. The van der Waals surface area contributed by atoms with Gasteiger partial charge in [-0.05, 0) is 13.8 Å². The van der Waals surface area contributed by atoms with Gasteiger partial charge in [0, 0.05) is 11.8 Å². The summed E-state index contributed by atoms with van der Waals surface area (Å²) in [6.07, 6.45) is 0.00472. The molecule has 0 bridgehead atoms. The Labute approximate surface area is 81.1 Å². The van der Waals surface area contributed by atoms with Crippen molar-refractivity contribution in [1.29, 1.82) is 0 Å². The first-order chi connectivity index (χ1) is 6.61. The van der Waals surface area contributed by atoms with E-state index in [9.17, 15) is 9.59 Å². The number of hydrogen-bond donors (Lipinski definition) is 1. The Balaban J connectivity index is 2.76. The zero-order valence-corrected chi connectivity index (χ0v) is 8.16. The van der Waals surface area contributed by atoms with E-state index in [2.05, 4.69) is 9.97 Å². The quantitative estimate of drug-likeness (QED) is 0.700. The lowest BCUT2D eigenvalue weighted by atomic mass is 10.3. The predicted octanol–water partition coefficient (Wildman–Crippen LogP) is 0.184. The Morgan fingerprint density at radius 3 is 2.93 bits per heavy atom. The van der Waals surface area contributed by atoms with Gasteiger partial charge in [0.1, 0.15) is 12.2 Å². The first-order valence-electron chi connectivity index (χ1n) is 4.34. The lowest BCUT2D eigenvalue weighted by molar-refractivity contribution is -0.142. The third kappa shape index (κ3) is 3.01. The Bertz CT molecular complexity index is 384. The molecule has 0 aliphatic heterocycles. The second-order valence-electron chi connectivity index (χ2n) is 2.82. The smallest absolute Gasteiger partial charge is 0.313 e. The van der Waals surface area contributed by atoms with Crippen LogP contribution in [0.1, 0.15) is 18.4 Å². The van der Waals surface area contributed by atoms with Crippen LogP contribution < -0.4 is 5.56 Å². The highest BCUT2D eigenvalue weighted by Gasteiger charge is 2.06. The van der Waals surface area contributed by atoms with Crippen LogP contribution in [0.2, 0.25) is 0 Å². The molecule has 0 aliphatic carbocycles. The minimum absolute atomic E-state index is 0.00472. The second kappa shape index (κ2) is 4.55. The molecule has 1 N–H and O–H groups in total. The minimum Gasteiger partial charge on any atom is -0.466 e. The molecule has 5 heteroatoms. The lowest BCUT2D eigenvalue weighted by Gasteiger charge is -2.01. The van der Waals surface area contributed by atoms with Crippen molar-refractivity contribution in [3.63, 3.8) is 0 Å². The summed E-state index contributed by atoms with van der Waals surface area (Å²) < 4.78 is 4.72. The molecule has 1 aromatic heterocycles. The average Bonchev–Trinajstić information content (AvgIpc) is 2.01. The van der Waals surface area contributed by atoms with Gasteiger partial charge in [-0.1, -0.05) is 0 Å². The van der Waals surface area contributed by atoms with Crippen LogP contribution in [0, 0.1) is 6.92 Å². The van der Waals surface area contributed by atoms with Crippen LogP contribution in [0.25, 0.3) is 0 Å². The number of nitrogens with zero attached hydrogens (tertiary/aromatic N) is 1. The molecule has 0 fully saturated rings. The number of carbonyl (C=O) groups excluding carboxylic acids is 1. The minimum atomic E-state index is -0.388. The predicted molar refractivity (Wildman–Crippen MR) is 49.9 cm³/mol. The van der Waals surface area contributed by atoms with Gasteiger partial charge in [-0.25, -0.2) is 4.98 Å². The van der Waals surface area contributed by atoms with Gasteiger partial charge in [0.2, 0.25) is 0 Å². The summed E-state index contributed by atoms with van der Waals surface area (Å²) in [7, 11) is 0. The summed E-state index contributed by atoms with van der Waals surface area (Å²) in [6, 6.07) is 1.37. The normalized spacial score (nSPS) is 9.86. The summed E-state index contributed by atoms with van der Waals surface area (Å²) >= 11 is 0. The number of aryl methyl sites for hydroxylation is 1. The van der Waals surface area contributed by atoms with Gasteiger partial charge >= 0.3 is 5.97 Å². The Morgan fingerprint density at radius 1 is 1.64 bits per heavy atom. The zero-order chi connectivity index (χ0) is 10.6. The first kappa shape index (κ1) is 10.4. The molecule has 0 aromatic carbocycles. The molecule has 0 radical (unpaired) electrons. The van der Waals surface area contributed by atoms with E-state index < -0.39 is 0 Å². The average molecular weight is 196 g/mol. The van der Waals surface area contributed by atoms with Crippen LogP contribution in [-0.4, -0.2) is 22.5 Å². The van der Waals surface area contributed by atoms with Gasteiger partial charge in [-0.3, -0.25) is 9.59 Å². The maximum atomic E-state index is 11.1. The van der Waals surface area contributed by atoms with Crippen LogP contribution >= 0.6 is 0 Å². The van der Waals surface area contributed by atoms with Crippen molar-refractivity contribution in [1.82, 2.24) is 9.97 Å². The van der Waals surface area contributed by atoms with Crippen molar-refractivity contribution in [3.8, 4) is 0 Å². The van der Waals surface area contributed by atoms with Crippen molar-refractivity contribution in [2.45, 2.75) is 20.3 Å². The van der Waals surface area contributed by atoms with Gasteiger partial charge in [-0.2, -0.15) is 0 Å². The molecule has 0 aliphatic rings. The van der Waals surface area contributed by atoms with E-state index in [1.54, 1.807) is 13.8 Å². The summed E-state index contributed by atoms with van der Waals surface area (Å²) in [6.45, 7) is 3.75. The van der Waals surface area contributed by atoms with Crippen LogP contribution in [-0.2, 0) is 16.0 Å². The summed E-state index contributed by atoms with van der Waals surface area (Å²) in [4.78, 5) is 28.5. The number of ether oxygens (including phenoxy) is 1. The molecular formula is C9H12N2O3. The molecule has 0 spiro atoms. The highest BCUT2D eigenvalue weighted by Crippen LogP contribution is 1.93. The number of esters is 1. The second-order valence-corrected chi connectivity index (χ2v) is 2.82. The molecular weight excluding hydrogens is 184 g/mol. The third-order valence-corrected chi connectivity index (χ3v) is 1.54. The van der Waals surface area contributed by atoms with E-state index in [1.165, 1.54) is 6.07 Å². The van der Waals surface area contributed by atoms with Crippen molar-refractivity contribution in [3.05, 3.63) is 27.9 Å². The zero-order valence-electron chi connectivity index (χ0n) is 8.16. The van der Waals surface area contributed by atoms with Crippen LogP contribution in [0.5, 0.6) is 0 Å². The van der Waals surface area contributed by atoms with E-state index in [0.29, 0.717) is 18.1 Å². The number of aromatic amines is 1. The number of rotatable bonds is 3. The largest absolute Gasteiger partial charge is 0.466 e. The van der Waals surface area contributed by atoms with Gasteiger partial charge in [-0.15, -0.1) is 0 Å². The Kier molecular flexibility index (Phi) is 3.39. The molecule has 0 unspecified atom stereocenters. The molecule has 0 atom stereocenters. The van der Waals surface area contributed by atoms with Crippen molar-refractivity contribution < 1.29 is 9.53 Å². The maximum Gasteiger partial charge on any atom is 0.313 e. The molecule has 76 valence electrons. The van der Waals surface area contributed by atoms with E-state index in [0.717, 1.165) is 0 Å². The van der Waals surface area contributed by atoms with E-state index in [1.807, 2.05) is 0 Å². The van der Waals surface area contributed by atoms with Crippen molar-refractivity contribution in [2.75, 3.05) is 6.61 Å². The summed E-state index contributed by atoms with van der Waals surface area (Å²) in [5.41, 5.74) is 0.338. The first-order valence-corrected chi connectivity index (χ1v) is 4.34. The van der Waals surface area contributed by atoms with Crippen molar-refractivity contribution in [2.24, 2.45) is 0 Å². The fourth-order valence-corrected chi connectivity index (χ4v) is 1.07. The maximum absolute atomic E-state index is 11.1. The van der Waals surface area contributed by atoms with Gasteiger partial charge in [0.25, 0.3) is 5.56 Å².